The minimum absolute atomic E-state index is 0.321. The summed E-state index contributed by atoms with van der Waals surface area (Å²) in [5.74, 6) is 3.12. The van der Waals surface area contributed by atoms with Crippen molar-refractivity contribution in [3.8, 4) is 5.75 Å². The van der Waals surface area contributed by atoms with Crippen molar-refractivity contribution in [1.82, 2.24) is 14.9 Å². The largest absolute Gasteiger partial charge is 0.487 e. The van der Waals surface area contributed by atoms with Gasteiger partial charge in [-0.25, -0.2) is 9.97 Å². The van der Waals surface area contributed by atoms with Crippen LogP contribution in [0, 0.1) is 12.8 Å². The SMILES string of the molecule is Cc1nc2c(c(NCCN3CCC(CO)CC3)n1)Cc1ccccc1OC2. The van der Waals surface area contributed by atoms with E-state index >= 15 is 0 Å². The Morgan fingerprint density at radius 1 is 1.22 bits per heavy atom. The molecule has 2 aromatic rings. The number of hydrogen-bond acceptors (Lipinski definition) is 6. The Bertz CT molecular complexity index is 788. The Morgan fingerprint density at radius 2 is 2.04 bits per heavy atom. The second-order valence-electron chi connectivity index (χ2n) is 7.51. The summed E-state index contributed by atoms with van der Waals surface area (Å²) in [5.41, 5.74) is 3.30. The van der Waals surface area contributed by atoms with Crippen LogP contribution in [0.15, 0.2) is 24.3 Å². The average molecular weight is 368 g/mol. The predicted molar refractivity (Wildman–Crippen MR) is 105 cm³/mol. The Hall–Kier alpha value is -2.18. The first-order valence-corrected chi connectivity index (χ1v) is 9.87. The molecule has 0 bridgehead atoms. The van der Waals surface area contributed by atoms with Crippen LogP contribution in [0.2, 0.25) is 0 Å². The molecule has 2 N–H and O–H groups in total. The number of rotatable bonds is 5. The number of aromatic nitrogens is 2. The van der Waals surface area contributed by atoms with E-state index in [2.05, 4.69) is 26.3 Å². The summed E-state index contributed by atoms with van der Waals surface area (Å²) in [4.78, 5) is 11.8. The number of ether oxygens (including phenoxy) is 1. The molecule has 1 aromatic heterocycles. The van der Waals surface area contributed by atoms with E-state index in [9.17, 15) is 5.11 Å². The monoisotopic (exact) mass is 368 g/mol. The van der Waals surface area contributed by atoms with Crippen molar-refractivity contribution in [2.45, 2.75) is 32.8 Å². The van der Waals surface area contributed by atoms with Crippen LogP contribution in [-0.2, 0) is 13.0 Å². The normalized spacial score (nSPS) is 17.6. The number of hydrogen-bond donors (Lipinski definition) is 2. The van der Waals surface area contributed by atoms with Gasteiger partial charge >= 0.3 is 0 Å². The fourth-order valence-corrected chi connectivity index (χ4v) is 3.96. The summed E-state index contributed by atoms with van der Waals surface area (Å²) in [6.07, 6.45) is 2.97. The van der Waals surface area contributed by atoms with Crippen LogP contribution in [0.3, 0.4) is 0 Å². The van der Waals surface area contributed by atoms with Crippen molar-refractivity contribution in [2.75, 3.05) is 38.1 Å². The third-order valence-electron chi connectivity index (χ3n) is 5.59. The molecule has 0 aliphatic carbocycles. The highest BCUT2D eigenvalue weighted by molar-refractivity contribution is 5.52. The summed E-state index contributed by atoms with van der Waals surface area (Å²) >= 11 is 0. The summed E-state index contributed by atoms with van der Waals surface area (Å²) in [6.45, 7) is 6.71. The maximum absolute atomic E-state index is 9.28. The standard InChI is InChI=1S/C21H28N4O2/c1-15-23-19-14-27-20-5-3-2-4-17(20)12-18(19)21(24-15)22-8-11-25-9-6-16(13-26)7-10-25/h2-5,16,26H,6-14H2,1H3,(H,22,23,24). The molecule has 3 heterocycles. The van der Waals surface area contributed by atoms with Crippen LogP contribution in [-0.4, -0.2) is 52.8 Å². The molecule has 6 heteroatoms. The van der Waals surface area contributed by atoms with Gasteiger partial charge in [-0.05, 0) is 50.4 Å². The zero-order valence-corrected chi connectivity index (χ0v) is 15.9. The lowest BCUT2D eigenvalue weighted by Crippen LogP contribution is -2.37. The summed E-state index contributed by atoms with van der Waals surface area (Å²) in [5, 5.41) is 12.8. The molecule has 0 radical (unpaired) electrons. The topological polar surface area (TPSA) is 70.5 Å². The fraction of sp³-hybridized carbons (Fsp3) is 0.524. The van der Waals surface area contributed by atoms with Gasteiger partial charge in [0.25, 0.3) is 0 Å². The number of aliphatic hydroxyl groups is 1. The number of aryl methyl sites for hydroxylation is 1. The molecule has 0 amide bonds. The van der Waals surface area contributed by atoms with Gasteiger partial charge in [0.05, 0.1) is 5.69 Å². The van der Waals surface area contributed by atoms with Gasteiger partial charge in [-0.3, -0.25) is 0 Å². The van der Waals surface area contributed by atoms with Gasteiger partial charge in [0, 0.05) is 31.7 Å². The lowest BCUT2D eigenvalue weighted by Gasteiger charge is -2.31. The highest BCUT2D eigenvalue weighted by atomic mass is 16.5. The first-order chi connectivity index (χ1) is 13.2. The number of likely N-dealkylation sites (tertiary alicyclic amines) is 1. The molecule has 1 saturated heterocycles. The maximum Gasteiger partial charge on any atom is 0.133 e. The molecular weight excluding hydrogens is 340 g/mol. The van der Waals surface area contributed by atoms with Crippen molar-refractivity contribution in [2.24, 2.45) is 5.92 Å². The first-order valence-electron chi connectivity index (χ1n) is 9.87. The second kappa shape index (κ2) is 8.23. The van der Waals surface area contributed by atoms with Gasteiger partial charge in [-0.2, -0.15) is 0 Å². The number of para-hydroxylation sites is 1. The molecule has 0 unspecified atom stereocenters. The zero-order valence-electron chi connectivity index (χ0n) is 15.9. The average Bonchev–Trinajstić information content (AvgIpc) is 2.88. The van der Waals surface area contributed by atoms with E-state index in [1.807, 2.05) is 25.1 Å². The van der Waals surface area contributed by atoms with Crippen LogP contribution < -0.4 is 10.1 Å². The van der Waals surface area contributed by atoms with E-state index < -0.39 is 0 Å². The highest BCUT2D eigenvalue weighted by Crippen LogP contribution is 2.30. The van der Waals surface area contributed by atoms with Crippen molar-refractivity contribution >= 4 is 5.82 Å². The Morgan fingerprint density at radius 3 is 2.85 bits per heavy atom. The Balaban J connectivity index is 1.44. The lowest BCUT2D eigenvalue weighted by molar-refractivity contribution is 0.134. The van der Waals surface area contributed by atoms with Crippen LogP contribution in [0.1, 0.15) is 35.5 Å². The number of benzene rings is 1. The van der Waals surface area contributed by atoms with E-state index in [4.69, 9.17) is 4.74 Å². The second-order valence-corrected chi connectivity index (χ2v) is 7.51. The molecule has 4 rings (SSSR count). The molecule has 144 valence electrons. The van der Waals surface area contributed by atoms with E-state index in [1.54, 1.807) is 0 Å². The number of nitrogens with one attached hydrogen (secondary N) is 1. The van der Waals surface area contributed by atoms with E-state index in [0.717, 1.165) is 74.1 Å². The van der Waals surface area contributed by atoms with E-state index in [1.165, 1.54) is 5.56 Å². The molecule has 2 aliphatic rings. The molecule has 27 heavy (non-hydrogen) atoms. The summed E-state index contributed by atoms with van der Waals surface area (Å²) < 4.78 is 5.96. The molecule has 1 fully saturated rings. The molecule has 6 nitrogen and oxygen atoms in total. The van der Waals surface area contributed by atoms with Crippen molar-refractivity contribution in [3.63, 3.8) is 0 Å². The lowest BCUT2D eigenvalue weighted by atomic mass is 9.98. The Labute approximate surface area is 160 Å². The van der Waals surface area contributed by atoms with Crippen LogP contribution >= 0.6 is 0 Å². The van der Waals surface area contributed by atoms with Crippen LogP contribution in [0.4, 0.5) is 5.82 Å². The number of anilines is 1. The smallest absolute Gasteiger partial charge is 0.133 e. The van der Waals surface area contributed by atoms with Crippen LogP contribution in [0.25, 0.3) is 0 Å². The molecular formula is C21H28N4O2. The number of fused-ring (bicyclic) bond motifs is 2. The third-order valence-corrected chi connectivity index (χ3v) is 5.59. The fourth-order valence-electron chi connectivity index (χ4n) is 3.96. The number of aliphatic hydroxyl groups excluding tert-OH is 1. The number of nitrogens with zero attached hydrogens (tertiary/aromatic N) is 3. The van der Waals surface area contributed by atoms with Gasteiger partial charge in [0.2, 0.25) is 0 Å². The van der Waals surface area contributed by atoms with Crippen LogP contribution in [0.5, 0.6) is 5.75 Å². The van der Waals surface area contributed by atoms with Crippen molar-refractivity contribution in [3.05, 3.63) is 46.9 Å². The van der Waals surface area contributed by atoms with Gasteiger partial charge in [-0.15, -0.1) is 0 Å². The molecule has 2 aliphatic heterocycles. The van der Waals surface area contributed by atoms with Crippen molar-refractivity contribution < 1.29 is 9.84 Å². The minimum Gasteiger partial charge on any atom is -0.487 e. The van der Waals surface area contributed by atoms with Gasteiger partial charge in [0.15, 0.2) is 0 Å². The maximum atomic E-state index is 9.28. The van der Waals surface area contributed by atoms with Gasteiger partial charge < -0.3 is 20.1 Å². The van der Waals surface area contributed by atoms with Crippen molar-refractivity contribution in [1.29, 1.82) is 0 Å². The summed E-state index contributed by atoms with van der Waals surface area (Å²) in [7, 11) is 0. The molecule has 1 aromatic carbocycles. The quantitative estimate of drug-likeness (QED) is 0.844. The summed E-state index contributed by atoms with van der Waals surface area (Å²) in [6, 6.07) is 8.18. The zero-order chi connectivity index (χ0) is 18.6. The third kappa shape index (κ3) is 4.22. The first kappa shape index (κ1) is 18.2. The highest BCUT2D eigenvalue weighted by Gasteiger charge is 2.21. The molecule has 0 saturated carbocycles. The molecule has 0 atom stereocenters. The van der Waals surface area contributed by atoms with Gasteiger partial charge in [-0.1, -0.05) is 18.2 Å². The Kier molecular flexibility index (Phi) is 5.55. The predicted octanol–water partition coefficient (Wildman–Crippen LogP) is 2.38. The van der Waals surface area contributed by atoms with E-state index in [0.29, 0.717) is 19.1 Å². The minimum atomic E-state index is 0.321. The molecule has 0 spiro atoms. The van der Waals surface area contributed by atoms with Gasteiger partial charge in [0.1, 0.15) is 24.0 Å². The number of piperidine rings is 1. The van der Waals surface area contributed by atoms with E-state index in [-0.39, 0.29) is 0 Å².